The first-order valence-electron chi connectivity index (χ1n) is 8.20. The normalized spacial score (nSPS) is 24.2. The molecule has 0 spiro atoms. The third-order valence-electron chi connectivity index (χ3n) is 4.58. The van der Waals surface area contributed by atoms with Gasteiger partial charge in [0.1, 0.15) is 0 Å². The minimum absolute atomic E-state index is 0.0893. The number of nitrogens with zero attached hydrogens (tertiary/aromatic N) is 3. The van der Waals surface area contributed by atoms with Crippen LogP contribution in [0.3, 0.4) is 0 Å². The van der Waals surface area contributed by atoms with Crippen LogP contribution in [0.5, 0.6) is 0 Å². The van der Waals surface area contributed by atoms with Crippen molar-refractivity contribution in [2.24, 2.45) is 13.0 Å². The molecule has 1 N–H and O–H groups in total. The van der Waals surface area contributed by atoms with Gasteiger partial charge >= 0.3 is 0 Å². The zero-order valence-corrected chi connectivity index (χ0v) is 14.8. The van der Waals surface area contributed by atoms with E-state index >= 15 is 0 Å². The summed E-state index contributed by atoms with van der Waals surface area (Å²) < 4.78 is 1.99. The molecule has 21 heavy (non-hydrogen) atoms. The van der Waals surface area contributed by atoms with Crippen LogP contribution in [0.2, 0.25) is 0 Å². The SMILES string of the molecule is CNCC1CCN(C(C)C)C1c1cn(C)nc1C(C)(C)C. The zero-order chi connectivity index (χ0) is 15.8. The first-order chi connectivity index (χ1) is 9.75. The molecule has 0 radical (unpaired) electrons. The predicted molar refractivity (Wildman–Crippen MR) is 88.5 cm³/mol. The van der Waals surface area contributed by atoms with Crippen molar-refractivity contribution in [3.63, 3.8) is 0 Å². The molecule has 2 rings (SSSR count). The molecule has 0 amide bonds. The minimum atomic E-state index is 0.0893. The van der Waals surface area contributed by atoms with Crippen molar-refractivity contribution in [3.05, 3.63) is 17.5 Å². The summed E-state index contributed by atoms with van der Waals surface area (Å²) in [6.45, 7) is 13.7. The number of nitrogens with one attached hydrogen (secondary N) is 1. The van der Waals surface area contributed by atoms with Crippen LogP contribution in [-0.2, 0) is 12.5 Å². The van der Waals surface area contributed by atoms with E-state index in [1.165, 1.54) is 24.2 Å². The lowest BCUT2D eigenvalue weighted by atomic mass is 9.84. The first kappa shape index (κ1) is 16.5. The maximum absolute atomic E-state index is 4.78. The number of likely N-dealkylation sites (tertiary alicyclic amines) is 1. The van der Waals surface area contributed by atoms with Crippen LogP contribution in [0.1, 0.15) is 58.3 Å². The lowest BCUT2D eigenvalue weighted by molar-refractivity contribution is 0.180. The van der Waals surface area contributed by atoms with Gasteiger partial charge in [0.15, 0.2) is 0 Å². The van der Waals surface area contributed by atoms with Gasteiger partial charge in [0.25, 0.3) is 0 Å². The Morgan fingerprint density at radius 1 is 1.38 bits per heavy atom. The Labute approximate surface area is 129 Å². The summed E-state index contributed by atoms with van der Waals surface area (Å²) in [6, 6.07) is 1.06. The summed E-state index contributed by atoms with van der Waals surface area (Å²) in [4.78, 5) is 2.65. The molecule has 1 aliphatic rings. The highest BCUT2D eigenvalue weighted by atomic mass is 15.3. The topological polar surface area (TPSA) is 33.1 Å². The standard InChI is InChI=1S/C17H32N4/c1-12(2)21-9-8-13(10-18-6)15(21)14-11-20(7)19-16(14)17(3,4)5/h11-13,15,18H,8-10H2,1-7H3. The number of rotatable bonds is 4. The second-order valence-corrected chi connectivity index (χ2v) is 7.74. The summed E-state index contributed by atoms with van der Waals surface area (Å²) in [7, 11) is 4.10. The molecule has 0 saturated carbocycles. The Morgan fingerprint density at radius 2 is 2.05 bits per heavy atom. The molecular weight excluding hydrogens is 260 g/mol. The van der Waals surface area contributed by atoms with Gasteiger partial charge in [-0.1, -0.05) is 20.8 Å². The van der Waals surface area contributed by atoms with Gasteiger partial charge in [0.05, 0.1) is 5.69 Å². The smallest absolute Gasteiger partial charge is 0.0725 e. The van der Waals surface area contributed by atoms with Gasteiger partial charge < -0.3 is 5.32 Å². The van der Waals surface area contributed by atoms with Crippen LogP contribution in [0.25, 0.3) is 0 Å². The summed E-state index contributed by atoms with van der Waals surface area (Å²) in [5.74, 6) is 0.669. The molecular formula is C17H32N4. The Kier molecular flexibility index (Phi) is 4.79. The predicted octanol–water partition coefficient (Wildman–Crippen LogP) is 2.71. The second-order valence-electron chi connectivity index (χ2n) is 7.74. The fraction of sp³-hybridized carbons (Fsp3) is 0.824. The molecule has 0 aliphatic carbocycles. The highest BCUT2D eigenvalue weighted by Crippen LogP contribution is 2.41. The van der Waals surface area contributed by atoms with Crippen molar-refractivity contribution in [3.8, 4) is 0 Å². The molecule has 120 valence electrons. The van der Waals surface area contributed by atoms with E-state index in [9.17, 15) is 0 Å². The third-order valence-corrected chi connectivity index (χ3v) is 4.58. The lowest BCUT2D eigenvalue weighted by Crippen LogP contribution is -2.35. The Balaban J connectivity index is 2.44. The average molecular weight is 292 g/mol. The number of aromatic nitrogens is 2. The quantitative estimate of drug-likeness (QED) is 0.926. The van der Waals surface area contributed by atoms with Gasteiger partial charge in [-0.25, -0.2) is 0 Å². The summed E-state index contributed by atoms with van der Waals surface area (Å²) in [6.07, 6.45) is 3.51. The number of hydrogen-bond donors (Lipinski definition) is 1. The number of aryl methyl sites for hydroxylation is 1. The largest absolute Gasteiger partial charge is 0.319 e. The number of hydrogen-bond acceptors (Lipinski definition) is 3. The molecule has 2 atom stereocenters. The summed E-state index contributed by atoms with van der Waals surface area (Å²) in [5, 5.41) is 8.16. The van der Waals surface area contributed by atoms with E-state index in [-0.39, 0.29) is 5.41 Å². The molecule has 2 unspecified atom stereocenters. The Bertz CT molecular complexity index is 470. The van der Waals surface area contributed by atoms with Crippen molar-refractivity contribution >= 4 is 0 Å². The molecule has 1 aromatic heterocycles. The fourth-order valence-corrected chi connectivity index (χ4v) is 3.68. The van der Waals surface area contributed by atoms with Crippen LogP contribution < -0.4 is 5.32 Å². The van der Waals surface area contributed by atoms with Gasteiger partial charge in [-0.05, 0) is 46.3 Å². The van der Waals surface area contributed by atoms with E-state index < -0.39 is 0 Å². The molecule has 0 aromatic carbocycles. The van der Waals surface area contributed by atoms with Crippen molar-refractivity contribution in [1.29, 1.82) is 0 Å². The summed E-state index contributed by atoms with van der Waals surface area (Å²) in [5.41, 5.74) is 2.77. The van der Waals surface area contributed by atoms with E-state index in [0.717, 1.165) is 6.54 Å². The van der Waals surface area contributed by atoms with Gasteiger partial charge in [0, 0.05) is 36.3 Å². The van der Waals surface area contributed by atoms with Crippen LogP contribution >= 0.6 is 0 Å². The van der Waals surface area contributed by atoms with E-state index in [4.69, 9.17) is 5.10 Å². The Morgan fingerprint density at radius 3 is 2.57 bits per heavy atom. The van der Waals surface area contributed by atoms with Crippen LogP contribution in [-0.4, -0.2) is 40.9 Å². The fourth-order valence-electron chi connectivity index (χ4n) is 3.68. The van der Waals surface area contributed by atoms with Crippen molar-refractivity contribution in [2.45, 2.75) is 58.5 Å². The molecule has 4 nitrogen and oxygen atoms in total. The molecule has 0 bridgehead atoms. The van der Waals surface area contributed by atoms with Crippen molar-refractivity contribution in [2.75, 3.05) is 20.1 Å². The highest BCUT2D eigenvalue weighted by Gasteiger charge is 2.39. The summed E-state index contributed by atoms with van der Waals surface area (Å²) >= 11 is 0. The maximum Gasteiger partial charge on any atom is 0.0725 e. The van der Waals surface area contributed by atoms with E-state index in [2.05, 4.69) is 58.1 Å². The molecule has 4 heteroatoms. The van der Waals surface area contributed by atoms with Gasteiger partial charge in [0.2, 0.25) is 0 Å². The van der Waals surface area contributed by atoms with Crippen LogP contribution in [0.4, 0.5) is 0 Å². The first-order valence-corrected chi connectivity index (χ1v) is 8.20. The van der Waals surface area contributed by atoms with Gasteiger partial charge in [-0.15, -0.1) is 0 Å². The van der Waals surface area contributed by atoms with E-state index in [0.29, 0.717) is 18.0 Å². The third kappa shape index (κ3) is 3.32. The molecule has 1 aromatic rings. The Hall–Kier alpha value is -0.870. The zero-order valence-electron chi connectivity index (χ0n) is 14.8. The van der Waals surface area contributed by atoms with Crippen LogP contribution in [0, 0.1) is 5.92 Å². The van der Waals surface area contributed by atoms with Gasteiger partial charge in [-0.2, -0.15) is 5.10 Å². The van der Waals surface area contributed by atoms with E-state index in [1.54, 1.807) is 0 Å². The minimum Gasteiger partial charge on any atom is -0.319 e. The highest BCUT2D eigenvalue weighted by molar-refractivity contribution is 5.29. The van der Waals surface area contributed by atoms with Crippen LogP contribution in [0.15, 0.2) is 6.20 Å². The lowest BCUT2D eigenvalue weighted by Gasteiger charge is -2.33. The molecule has 2 heterocycles. The van der Waals surface area contributed by atoms with Gasteiger partial charge in [-0.3, -0.25) is 9.58 Å². The van der Waals surface area contributed by atoms with Crippen molar-refractivity contribution in [1.82, 2.24) is 20.0 Å². The molecule has 1 fully saturated rings. The maximum atomic E-state index is 4.78. The molecule has 1 saturated heterocycles. The van der Waals surface area contributed by atoms with E-state index in [1.807, 2.05) is 11.7 Å². The molecule has 1 aliphatic heterocycles. The van der Waals surface area contributed by atoms with Crippen molar-refractivity contribution < 1.29 is 0 Å². The average Bonchev–Trinajstić information content (AvgIpc) is 2.92. The monoisotopic (exact) mass is 292 g/mol. The second kappa shape index (κ2) is 6.09.